The van der Waals surface area contributed by atoms with Gasteiger partial charge in [0.15, 0.2) is 0 Å². The Morgan fingerprint density at radius 2 is 1.91 bits per heavy atom. The molecule has 2 rings (SSSR count). The van der Waals surface area contributed by atoms with Crippen LogP contribution in [0.5, 0.6) is 0 Å². The smallest absolute Gasteiger partial charge is 0.253 e. The van der Waals surface area contributed by atoms with Gasteiger partial charge in [0.05, 0.1) is 6.10 Å². The molecule has 5 nitrogen and oxygen atoms in total. The highest BCUT2D eigenvalue weighted by Gasteiger charge is 2.51. The summed E-state index contributed by atoms with van der Waals surface area (Å²) in [5, 5.41) is 2.70. The molecule has 2 unspecified atom stereocenters. The number of rotatable bonds is 5. The second-order valence-corrected chi connectivity index (χ2v) is 6.69. The van der Waals surface area contributed by atoms with E-state index in [1.54, 1.807) is 24.3 Å². The SMILES string of the molecule is CCOC1CC(N(C)C(=O)c2ccc(NC(C)=O)cc2)C1(C)C. The molecule has 1 aliphatic rings. The van der Waals surface area contributed by atoms with E-state index in [9.17, 15) is 9.59 Å². The molecule has 126 valence electrons. The van der Waals surface area contributed by atoms with Crippen LogP contribution in [0, 0.1) is 5.41 Å². The molecule has 5 heteroatoms. The summed E-state index contributed by atoms with van der Waals surface area (Å²) in [4.78, 5) is 25.5. The van der Waals surface area contributed by atoms with Crippen LogP contribution in [0.25, 0.3) is 0 Å². The number of carbonyl (C=O) groups is 2. The second kappa shape index (κ2) is 6.71. The lowest BCUT2D eigenvalue weighted by Gasteiger charge is -2.54. The van der Waals surface area contributed by atoms with Crippen molar-refractivity contribution in [3.8, 4) is 0 Å². The molecule has 1 fully saturated rings. The average Bonchev–Trinajstić information content (AvgIpc) is 2.50. The van der Waals surface area contributed by atoms with E-state index >= 15 is 0 Å². The molecule has 0 aliphatic heterocycles. The van der Waals surface area contributed by atoms with Crippen molar-refractivity contribution in [2.45, 2.75) is 46.3 Å². The van der Waals surface area contributed by atoms with Gasteiger partial charge >= 0.3 is 0 Å². The molecule has 1 saturated carbocycles. The van der Waals surface area contributed by atoms with E-state index in [2.05, 4.69) is 19.2 Å². The highest BCUT2D eigenvalue weighted by molar-refractivity contribution is 5.95. The molecular formula is C18H26N2O3. The third-order valence-electron chi connectivity index (χ3n) is 4.73. The summed E-state index contributed by atoms with van der Waals surface area (Å²) in [6, 6.07) is 7.15. The monoisotopic (exact) mass is 318 g/mol. The first-order valence-electron chi connectivity index (χ1n) is 8.03. The third-order valence-corrected chi connectivity index (χ3v) is 4.73. The molecule has 0 saturated heterocycles. The topological polar surface area (TPSA) is 58.6 Å². The van der Waals surface area contributed by atoms with Gasteiger partial charge in [0.25, 0.3) is 5.91 Å². The summed E-state index contributed by atoms with van der Waals surface area (Å²) in [7, 11) is 1.85. The fourth-order valence-electron chi connectivity index (χ4n) is 3.25. The Labute approximate surface area is 138 Å². The molecule has 2 amide bonds. The number of anilines is 1. The van der Waals surface area contributed by atoms with Crippen molar-refractivity contribution < 1.29 is 14.3 Å². The van der Waals surface area contributed by atoms with E-state index in [4.69, 9.17) is 4.74 Å². The summed E-state index contributed by atoms with van der Waals surface area (Å²) in [5.41, 5.74) is 1.27. The number of ether oxygens (including phenoxy) is 1. The van der Waals surface area contributed by atoms with Gasteiger partial charge in [0, 0.05) is 43.3 Å². The molecule has 1 N–H and O–H groups in total. The van der Waals surface area contributed by atoms with Crippen LogP contribution in [0.3, 0.4) is 0 Å². The van der Waals surface area contributed by atoms with E-state index in [0.29, 0.717) is 17.9 Å². The van der Waals surface area contributed by atoms with E-state index in [-0.39, 0.29) is 29.4 Å². The quantitative estimate of drug-likeness (QED) is 0.908. The zero-order chi connectivity index (χ0) is 17.2. The highest BCUT2D eigenvalue weighted by Crippen LogP contribution is 2.45. The van der Waals surface area contributed by atoms with Gasteiger partial charge in [-0.15, -0.1) is 0 Å². The molecule has 2 atom stereocenters. The number of hydrogen-bond donors (Lipinski definition) is 1. The van der Waals surface area contributed by atoms with Gasteiger partial charge in [0.2, 0.25) is 5.91 Å². The van der Waals surface area contributed by atoms with Gasteiger partial charge in [-0.25, -0.2) is 0 Å². The standard InChI is InChI=1S/C18H26N2O3/c1-6-23-16-11-15(18(16,3)4)20(5)17(22)13-7-9-14(10-8-13)19-12(2)21/h7-10,15-16H,6,11H2,1-5H3,(H,19,21). The summed E-state index contributed by atoms with van der Waals surface area (Å²) in [5.74, 6) is -0.133. The number of nitrogens with zero attached hydrogens (tertiary/aromatic N) is 1. The Hall–Kier alpha value is -1.88. The lowest BCUT2D eigenvalue weighted by Crippen LogP contribution is -2.62. The van der Waals surface area contributed by atoms with Gasteiger partial charge in [-0.2, -0.15) is 0 Å². The predicted octanol–water partition coefficient (Wildman–Crippen LogP) is 2.92. The number of benzene rings is 1. The summed E-state index contributed by atoms with van der Waals surface area (Å²) >= 11 is 0. The number of nitrogens with one attached hydrogen (secondary N) is 1. The van der Waals surface area contributed by atoms with Crippen LogP contribution in [0.15, 0.2) is 24.3 Å². The minimum atomic E-state index is -0.126. The van der Waals surface area contributed by atoms with Crippen molar-refractivity contribution in [3.63, 3.8) is 0 Å². The van der Waals surface area contributed by atoms with E-state index in [1.807, 2.05) is 18.9 Å². The number of carbonyl (C=O) groups excluding carboxylic acids is 2. The van der Waals surface area contributed by atoms with E-state index < -0.39 is 0 Å². The van der Waals surface area contributed by atoms with Crippen molar-refractivity contribution in [1.29, 1.82) is 0 Å². The Bertz CT molecular complexity index is 580. The van der Waals surface area contributed by atoms with Crippen LogP contribution in [0.2, 0.25) is 0 Å². The fraction of sp³-hybridized carbons (Fsp3) is 0.556. The lowest BCUT2D eigenvalue weighted by atomic mass is 9.63. The maximum Gasteiger partial charge on any atom is 0.253 e. The summed E-state index contributed by atoms with van der Waals surface area (Å²) in [6.45, 7) is 8.44. The van der Waals surface area contributed by atoms with Crippen LogP contribution >= 0.6 is 0 Å². The zero-order valence-corrected chi connectivity index (χ0v) is 14.6. The van der Waals surface area contributed by atoms with Crippen molar-refractivity contribution in [2.24, 2.45) is 5.41 Å². The minimum absolute atomic E-state index is 0.00704. The molecule has 0 radical (unpaired) electrons. The second-order valence-electron chi connectivity index (χ2n) is 6.69. The van der Waals surface area contributed by atoms with Gasteiger partial charge in [-0.05, 0) is 37.6 Å². The van der Waals surface area contributed by atoms with Crippen LogP contribution in [0.1, 0.15) is 44.5 Å². The van der Waals surface area contributed by atoms with Gasteiger partial charge in [-0.1, -0.05) is 13.8 Å². The van der Waals surface area contributed by atoms with Gasteiger partial charge in [-0.3, -0.25) is 9.59 Å². The van der Waals surface area contributed by atoms with Crippen LogP contribution in [0.4, 0.5) is 5.69 Å². The Morgan fingerprint density at radius 1 is 1.30 bits per heavy atom. The molecule has 0 bridgehead atoms. The lowest BCUT2D eigenvalue weighted by molar-refractivity contribution is -0.136. The maximum atomic E-state index is 12.7. The van der Waals surface area contributed by atoms with Gasteiger partial charge < -0.3 is 15.0 Å². The van der Waals surface area contributed by atoms with Crippen LogP contribution < -0.4 is 5.32 Å². The largest absolute Gasteiger partial charge is 0.378 e. The number of amides is 2. The van der Waals surface area contributed by atoms with E-state index in [0.717, 1.165) is 6.42 Å². The molecule has 0 aromatic heterocycles. The predicted molar refractivity (Wildman–Crippen MR) is 90.4 cm³/mol. The van der Waals surface area contributed by atoms with Crippen molar-refractivity contribution >= 4 is 17.5 Å². The third kappa shape index (κ3) is 3.55. The Balaban J connectivity index is 2.04. The van der Waals surface area contributed by atoms with E-state index in [1.165, 1.54) is 6.92 Å². The van der Waals surface area contributed by atoms with Crippen molar-refractivity contribution in [3.05, 3.63) is 29.8 Å². The van der Waals surface area contributed by atoms with Crippen LogP contribution in [-0.4, -0.2) is 42.5 Å². The Kier molecular flexibility index (Phi) is 5.09. The highest BCUT2D eigenvalue weighted by atomic mass is 16.5. The van der Waals surface area contributed by atoms with Crippen molar-refractivity contribution in [1.82, 2.24) is 4.90 Å². The first-order chi connectivity index (χ1) is 10.8. The molecule has 23 heavy (non-hydrogen) atoms. The van der Waals surface area contributed by atoms with Crippen LogP contribution in [-0.2, 0) is 9.53 Å². The molecule has 0 spiro atoms. The summed E-state index contributed by atoms with van der Waals surface area (Å²) in [6.07, 6.45) is 1.07. The molecule has 0 heterocycles. The molecule has 1 aromatic carbocycles. The first kappa shape index (κ1) is 17.5. The molecular weight excluding hydrogens is 292 g/mol. The average molecular weight is 318 g/mol. The minimum Gasteiger partial charge on any atom is -0.378 e. The maximum absolute atomic E-state index is 12.7. The Morgan fingerprint density at radius 3 is 2.39 bits per heavy atom. The zero-order valence-electron chi connectivity index (χ0n) is 14.6. The first-order valence-corrected chi connectivity index (χ1v) is 8.03. The molecule has 1 aliphatic carbocycles. The number of hydrogen-bond acceptors (Lipinski definition) is 3. The van der Waals surface area contributed by atoms with Crippen molar-refractivity contribution in [2.75, 3.05) is 19.0 Å². The normalized spacial score (nSPS) is 22.1. The van der Waals surface area contributed by atoms with Gasteiger partial charge in [0.1, 0.15) is 0 Å². The molecule has 1 aromatic rings. The summed E-state index contributed by atoms with van der Waals surface area (Å²) < 4.78 is 5.73. The fourth-order valence-corrected chi connectivity index (χ4v) is 3.25.